The molecule has 0 bridgehead atoms. The van der Waals surface area contributed by atoms with Crippen LogP contribution in [0.5, 0.6) is 5.75 Å². The Labute approximate surface area is 139 Å². The number of phenolic OH excluding ortho intramolecular Hbond substituents is 1. The second-order valence-corrected chi connectivity index (χ2v) is 5.58. The van der Waals surface area contributed by atoms with Gasteiger partial charge in [-0.3, -0.25) is 4.79 Å². The van der Waals surface area contributed by atoms with Crippen molar-refractivity contribution in [1.82, 2.24) is 0 Å². The maximum atomic E-state index is 12.3. The maximum absolute atomic E-state index is 12.3. The highest BCUT2D eigenvalue weighted by Gasteiger charge is 2.12. The van der Waals surface area contributed by atoms with Crippen LogP contribution in [0.25, 0.3) is 6.08 Å². The number of nitriles is 1. The van der Waals surface area contributed by atoms with E-state index in [0.29, 0.717) is 16.3 Å². The van der Waals surface area contributed by atoms with Gasteiger partial charge in [0.25, 0.3) is 5.91 Å². The average Bonchev–Trinajstić information content (AvgIpc) is 2.50. The van der Waals surface area contributed by atoms with Crippen LogP contribution in [0, 0.1) is 25.2 Å². The summed E-state index contributed by atoms with van der Waals surface area (Å²) in [5.41, 5.74) is 2.81. The summed E-state index contributed by atoms with van der Waals surface area (Å²) in [5.74, 6) is -0.597. The average molecular weight is 327 g/mol. The number of amides is 1. The maximum Gasteiger partial charge on any atom is 0.266 e. The lowest BCUT2D eigenvalue weighted by Crippen LogP contribution is -2.14. The number of benzene rings is 2. The summed E-state index contributed by atoms with van der Waals surface area (Å²) in [6.07, 6.45) is 1.31. The van der Waals surface area contributed by atoms with Gasteiger partial charge in [0, 0.05) is 16.3 Å². The van der Waals surface area contributed by atoms with Crippen LogP contribution < -0.4 is 5.32 Å². The van der Waals surface area contributed by atoms with Crippen LogP contribution in [0.15, 0.2) is 42.0 Å². The predicted molar refractivity (Wildman–Crippen MR) is 91.3 cm³/mol. The van der Waals surface area contributed by atoms with Gasteiger partial charge < -0.3 is 10.4 Å². The van der Waals surface area contributed by atoms with Gasteiger partial charge in [-0.2, -0.15) is 5.26 Å². The molecule has 0 radical (unpaired) electrons. The van der Waals surface area contributed by atoms with Crippen molar-refractivity contribution in [2.75, 3.05) is 5.32 Å². The highest BCUT2D eigenvalue weighted by Crippen LogP contribution is 2.24. The molecule has 0 atom stereocenters. The standard InChI is InChI=1S/C18H15ClN2O2/c1-11-3-5-16(12(2)7-11)21-18(23)14(10-20)8-13-9-15(19)4-6-17(13)22/h3-9,22H,1-2H3,(H,21,23)/b14-8+. The smallest absolute Gasteiger partial charge is 0.266 e. The van der Waals surface area contributed by atoms with Gasteiger partial charge in [0.2, 0.25) is 0 Å². The summed E-state index contributed by atoms with van der Waals surface area (Å²) < 4.78 is 0. The van der Waals surface area contributed by atoms with Crippen LogP contribution >= 0.6 is 11.6 Å². The fourth-order valence-corrected chi connectivity index (χ4v) is 2.27. The first-order valence-electron chi connectivity index (χ1n) is 6.89. The summed E-state index contributed by atoms with van der Waals surface area (Å²) in [7, 11) is 0. The fourth-order valence-electron chi connectivity index (χ4n) is 2.09. The number of hydrogen-bond donors (Lipinski definition) is 2. The molecule has 4 nitrogen and oxygen atoms in total. The Bertz CT molecular complexity index is 835. The molecule has 0 aliphatic rings. The van der Waals surface area contributed by atoms with E-state index in [2.05, 4.69) is 5.32 Å². The van der Waals surface area contributed by atoms with E-state index in [1.807, 2.05) is 32.0 Å². The molecule has 0 spiro atoms. The van der Waals surface area contributed by atoms with Crippen molar-refractivity contribution >= 4 is 29.3 Å². The van der Waals surface area contributed by atoms with E-state index in [1.54, 1.807) is 6.07 Å². The third-order valence-corrected chi connectivity index (χ3v) is 3.52. The van der Waals surface area contributed by atoms with E-state index in [4.69, 9.17) is 11.6 Å². The first kappa shape index (κ1) is 16.6. The topological polar surface area (TPSA) is 73.1 Å². The van der Waals surface area contributed by atoms with Crippen molar-refractivity contribution in [3.8, 4) is 11.8 Å². The number of phenols is 1. The predicted octanol–water partition coefficient (Wildman–Crippen LogP) is 4.21. The van der Waals surface area contributed by atoms with Crippen LogP contribution in [-0.2, 0) is 4.79 Å². The van der Waals surface area contributed by atoms with E-state index in [0.717, 1.165) is 11.1 Å². The van der Waals surface area contributed by atoms with Crippen LogP contribution in [-0.4, -0.2) is 11.0 Å². The van der Waals surface area contributed by atoms with E-state index in [9.17, 15) is 15.2 Å². The number of halogens is 1. The number of nitrogens with one attached hydrogen (secondary N) is 1. The summed E-state index contributed by atoms with van der Waals surface area (Å²) in [5, 5.41) is 22.1. The lowest BCUT2D eigenvalue weighted by molar-refractivity contribution is -0.112. The Hall–Kier alpha value is -2.77. The second kappa shape index (κ2) is 6.99. The third kappa shape index (κ3) is 4.12. The second-order valence-electron chi connectivity index (χ2n) is 5.15. The zero-order chi connectivity index (χ0) is 17.0. The molecule has 0 saturated carbocycles. The van der Waals surface area contributed by atoms with Crippen molar-refractivity contribution in [2.24, 2.45) is 0 Å². The summed E-state index contributed by atoms with van der Waals surface area (Å²) in [4.78, 5) is 12.3. The van der Waals surface area contributed by atoms with Crippen molar-refractivity contribution < 1.29 is 9.90 Å². The SMILES string of the molecule is Cc1ccc(NC(=O)/C(C#N)=C/c2cc(Cl)ccc2O)c(C)c1. The van der Waals surface area contributed by atoms with Crippen molar-refractivity contribution in [3.63, 3.8) is 0 Å². The quantitative estimate of drug-likeness (QED) is 0.655. The normalized spacial score (nSPS) is 11.0. The third-order valence-electron chi connectivity index (χ3n) is 3.28. The number of carbonyl (C=O) groups excluding carboxylic acids is 1. The molecular formula is C18H15ClN2O2. The van der Waals surface area contributed by atoms with Crippen molar-refractivity contribution in [1.29, 1.82) is 5.26 Å². The molecule has 0 unspecified atom stereocenters. The van der Waals surface area contributed by atoms with E-state index < -0.39 is 5.91 Å². The number of aromatic hydroxyl groups is 1. The molecule has 0 aliphatic heterocycles. The lowest BCUT2D eigenvalue weighted by Gasteiger charge is -2.09. The minimum atomic E-state index is -0.543. The zero-order valence-electron chi connectivity index (χ0n) is 12.7. The van der Waals surface area contributed by atoms with Gasteiger partial charge in [-0.15, -0.1) is 0 Å². The van der Waals surface area contributed by atoms with Gasteiger partial charge in [0.05, 0.1) is 0 Å². The summed E-state index contributed by atoms with van der Waals surface area (Å²) >= 11 is 5.86. The van der Waals surface area contributed by atoms with Crippen LogP contribution in [0.2, 0.25) is 5.02 Å². The molecule has 1 amide bonds. The number of rotatable bonds is 3. The molecular weight excluding hydrogens is 312 g/mol. The minimum Gasteiger partial charge on any atom is -0.507 e. The highest BCUT2D eigenvalue weighted by molar-refractivity contribution is 6.30. The van der Waals surface area contributed by atoms with Crippen molar-refractivity contribution in [3.05, 3.63) is 63.7 Å². The fraction of sp³-hybridized carbons (Fsp3) is 0.111. The van der Waals surface area contributed by atoms with Gasteiger partial charge in [-0.1, -0.05) is 29.3 Å². The Morgan fingerprint density at radius 2 is 2.00 bits per heavy atom. The molecule has 0 saturated heterocycles. The van der Waals surface area contributed by atoms with Gasteiger partial charge in [0.1, 0.15) is 17.4 Å². The molecule has 116 valence electrons. The Morgan fingerprint density at radius 3 is 2.65 bits per heavy atom. The molecule has 0 aliphatic carbocycles. The number of carbonyl (C=O) groups is 1. The monoisotopic (exact) mass is 326 g/mol. The zero-order valence-corrected chi connectivity index (χ0v) is 13.5. The van der Waals surface area contributed by atoms with Crippen LogP contribution in [0.4, 0.5) is 5.69 Å². The number of hydrogen-bond acceptors (Lipinski definition) is 3. The first-order chi connectivity index (χ1) is 10.9. The van der Waals surface area contributed by atoms with E-state index in [1.165, 1.54) is 24.3 Å². The first-order valence-corrected chi connectivity index (χ1v) is 7.27. The molecule has 23 heavy (non-hydrogen) atoms. The summed E-state index contributed by atoms with van der Waals surface area (Å²) in [6.45, 7) is 3.84. The summed E-state index contributed by atoms with van der Waals surface area (Å²) in [6, 6.07) is 11.9. The van der Waals surface area contributed by atoms with E-state index >= 15 is 0 Å². The molecule has 2 rings (SSSR count). The molecule has 2 aromatic rings. The van der Waals surface area contributed by atoms with Gasteiger partial charge in [-0.25, -0.2) is 0 Å². The van der Waals surface area contributed by atoms with Crippen LogP contribution in [0.1, 0.15) is 16.7 Å². The molecule has 5 heteroatoms. The largest absolute Gasteiger partial charge is 0.507 e. The van der Waals surface area contributed by atoms with Crippen LogP contribution in [0.3, 0.4) is 0 Å². The highest BCUT2D eigenvalue weighted by atomic mass is 35.5. The van der Waals surface area contributed by atoms with Gasteiger partial charge >= 0.3 is 0 Å². The molecule has 2 aromatic carbocycles. The molecule has 2 N–H and O–H groups in total. The molecule has 0 heterocycles. The number of anilines is 1. The minimum absolute atomic E-state index is 0.0542. The van der Waals surface area contributed by atoms with Crippen molar-refractivity contribution in [2.45, 2.75) is 13.8 Å². The molecule has 0 aromatic heterocycles. The Balaban J connectivity index is 2.30. The van der Waals surface area contributed by atoms with E-state index in [-0.39, 0.29) is 11.3 Å². The Kier molecular flexibility index (Phi) is 5.05. The number of nitrogens with zero attached hydrogens (tertiary/aromatic N) is 1. The number of aryl methyl sites for hydroxylation is 2. The Morgan fingerprint density at radius 1 is 1.26 bits per heavy atom. The van der Waals surface area contributed by atoms with Gasteiger partial charge in [0.15, 0.2) is 0 Å². The lowest BCUT2D eigenvalue weighted by atomic mass is 10.1. The molecule has 0 fully saturated rings. The van der Waals surface area contributed by atoms with Gasteiger partial charge in [-0.05, 0) is 49.8 Å².